The summed E-state index contributed by atoms with van der Waals surface area (Å²) in [5.41, 5.74) is 5.98. The van der Waals surface area contributed by atoms with Crippen molar-refractivity contribution < 1.29 is 19.4 Å². The van der Waals surface area contributed by atoms with E-state index >= 15 is 0 Å². The molecule has 5 nitrogen and oxygen atoms in total. The Morgan fingerprint density at radius 2 is 2.12 bits per heavy atom. The number of halogens is 1. The zero-order valence-corrected chi connectivity index (χ0v) is 11.2. The molecular weight excluding hydrogens is 290 g/mol. The van der Waals surface area contributed by atoms with Crippen LogP contribution in [0.15, 0.2) is 16.6 Å². The van der Waals surface area contributed by atoms with Crippen LogP contribution in [0.4, 0.5) is 0 Å². The maximum Gasteiger partial charge on any atom is 0.312 e. The Morgan fingerprint density at radius 3 is 2.53 bits per heavy atom. The van der Waals surface area contributed by atoms with Gasteiger partial charge in [-0.05, 0) is 12.1 Å². The molecule has 94 valence electrons. The van der Waals surface area contributed by atoms with Crippen molar-refractivity contribution in [2.24, 2.45) is 5.73 Å². The molecule has 0 amide bonds. The quantitative estimate of drug-likeness (QED) is 0.863. The molecule has 3 N–H and O–H groups in total. The zero-order chi connectivity index (χ0) is 13.0. The molecule has 0 radical (unpaired) electrons. The van der Waals surface area contributed by atoms with Gasteiger partial charge in [0.2, 0.25) is 0 Å². The monoisotopic (exact) mass is 303 g/mol. The summed E-state index contributed by atoms with van der Waals surface area (Å²) in [6.07, 6.45) is 0. The molecule has 0 aromatic heterocycles. The van der Waals surface area contributed by atoms with Crippen LogP contribution in [0.2, 0.25) is 0 Å². The number of nitrogens with two attached hydrogens (primary N) is 1. The van der Waals surface area contributed by atoms with Gasteiger partial charge >= 0.3 is 5.97 Å². The van der Waals surface area contributed by atoms with Crippen molar-refractivity contribution in [3.05, 3.63) is 22.2 Å². The first kappa shape index (κ1) is 13.8. The highest BCUT2D eigenvalue weighted by molar-refractivity contribution is 9.10. The third-order valence-corrected chi connectivity index (χ3v) is 3.10. The van der Waals surface area contributed by atoms with E-state index in [1.807, 2.05) is 0 Å². The molecule has 1 rings (SSSR count). The first-order valence-corrected chi connectivity index (χ1v) is 5.69. The highest BCUT2D eigenvalue weighted by Gasteiger charge is 2.26. The lowest BCUT2D eigenvalue weighted by molar-refractivity contribution is -0.138. The van der Waals surface area contributed by atoms with Crippen molar-refractivity contribution in [2.75, 3.05) is 20.8 Å². The van der Waals surface area contributed by atoms with Gasteiger partial charge in [-0.2, -0.15) is 0 Å². The van der Waals surface area contributed by atoms with Crippen LogP contribution in [-0.4, -0.2) is 31.8 Å². The summed E-state index contributed by atoms with van der Waals surface area (Å²) < 4.78 is 11.0. The lowest BCUT2D eigenvalue weighted by atomic mass is 9.98. The number of aliphatic carboxylic acids is 1. The van der Waals surface area contributed by atoms with Crippen LogP contribution in [-0.2, 0) is 4.79 Å². The molecule has 0 aliphatic heterocycles. The fourth-order valence-corrected chi connectivity index (χ4v) is 2.18. The van der Waals surface area contributed by atoms with Gasteiger partial charge < -0.3 is 20.3 Å². The van der Waals surface area contributed by atoms with E-state index in [0.29, 0.717) is 21.5 Å². The number of methoxy groups -OCH3 is 2. The van der Waals surface area contributed by atoms with E-state index in [-0.39, 0.29) is 6.54 Å². The molecule has 0 spiro atoms. The van der Waals surface area contributed by atoms with Crippen LogP contribution >= 0.6 is 15.9 Å². The van der Waals surface area contributed by atoms with E-state index in [1.54, 1.807) is 12.1 Å². The largest absolute Gasteiger partial charge is 0.493 e. The minimum atomic E-state index is -1.00. The third kappa shape index (κ3) is 2.70. The lowest BCUT2D eigenvalue weighted by Crippen LogP contribution is -2.22. The molecule has 17 heavy (non-hydrogen) atoms. The summed E-state index contributed by atoms with van der Waals surface area (Å²) in [7, 11) is 2.96. The Labute approximate surface area is 108 Å². The summed E-state index contributed by atoms with van der Waals surface area (Å²) in [6, 6.07) is 3.41. The summed E-state index contributed by atoms with van der Waals surface area (Å²) in [5.74, 6) is -0.973. The molecule has 1 aromatic carbocycles. The van der Waals surface area contributed by atoms with E-state index in [0.717, 1.165) is 0 Å². The number of carboxylic acid groups (broad SMARTS) is 1. The van der Waals surface area contributed by atoms with Gasteiger partial charge in [-0.3, -0.25) is 4.79 Å². The number of hydrogen-bond acceptors (Lipinski definition) is 4. The minimum absolute atomic E-state index is 0.0164. The first-order valence-electron chi connectivity index (χ1n) is 4.90. The van der Waals surface area contributed by atoms with Crippen LogP contribution in [0.5, 0.6) is 11.5 Å². The Bertz CT molecular complexity index is 422. The zero-order valence-electron chi connectivity index (χ0n) is 9.57. The lowest BCUT2D eigenvalue weighted by Gasteiger charge is -2.18. The minimum Gasteiger partial charge on any atom is -0.493 e. The fourth-order valence-electron chi connectivity index (χ4n) is 1.59. The van der Waals surface area contributed by atoms with Gasteiger partial charge in [0.25, 0.3) is 0 Å². The van der Waals surface area contributed by atoms with Crippen LogP contribution in [0.1, 0.15) is 11.5 Å². The molecule has 6 heteroatoms. The highest BCUT2D eigenvalue weighted by Crippen LogP contribution is 2.40. The number of ether oxygens (including phenoxy) is 2. The standard InChI is InChI=1S/C11H14BrNO4/c1-16-8-4-3-7(12)9(10(8)17-2)6(5-13)11(14)15/h3-4,6H,5,13H2,1-2H3,(H,14,15). The number of hydrogen-bond donors (Lipinski definition) is 2. The molecule has 0 heterocycles. The molecule has 0 aliphatic rings. The Kier molecular flexibility index (Phi) is 4.77. The summed E-state index contributed by atoms with van der Waals surface area (Å²) in [6.45, 7) is -0.0164. The predicted molar refractivity (Wildman–Crippen MR) is 66.7 cm³/mol. The van der Waals surface area contributed by atoms with Gasteiger partial charge in [0.05, 0.1) is 20.1 Å². The van der Waals surface area contributed by atoms with Crippen molar-refractivity contribution in [1.82, 2.24) is 0 Å². The number of carbonyl (C=O) groups is 1. The van der Waals surface area contributed by atoms with E-state index in [2.05, 4.69) is 15.9 Å². The normalized spacial score (nSPS) is 12.0. The summed E-state index contributed by atoms with van der Waals surface area (Å²) in [4.78, 5) is 11.2. The molecule has 0 fully saturated rings. The smallest absolute Gasteiger partial charge is 0.312 e. The van der Waals surface area contributed by atoms with Gasteiger partial charge in [-0.25, -0.2) is 0 Å². The summed E-state index contributed by atoms with van der Waals surface area (Å²) >= 11 is 3.31. The molecule has 1 atom stereocenters. The average molecular weight is 304 g/mol. The second kappa shape index (κ2) is 5.88. The van der Waals surface area contributed by atoms with E-state index in [9.17, 15) is 4.79 Å². The fraction of sp³-hybridized carbons (Fsp3) is 0.364. The van der Waals surface area contributed by atoms with Crippen molar-refractivity contribution in [3.8, 4) is 11.5 Å². The van der Waals surface area contributed by atoms with Crippen molar-refractivity contribution >= 4 is 21.9 Å². The van der Waals surface area contributed by atoms with Crippen LogP contribution < -0.4 is 15.2 Å². The highest BCUT2D eigenvalue weighted by atomic mass is 79.9. The number of benzene rings is 1. The van der Waals surface area contributed by atoms with Crippen LogP contribution in [0, 0.1) is 0 Å². The predicted octanol–water partition coefficient (Wildman–Crippen LogP) is 1.59. The van der Waals surface area contributed by atoms with Crippen LogP contribution in [0.3, 0.4) is 0 Å². The maximum absolute atomic E-state index is 11.2. The first-order chi connectivity index (χ1) is 8.06. The number of carboxylic acids is 1. The molecule has 1 unspecified atom stereocenters. The Balaban J connectivity index is 3.42. The van der Waals surface area contributed by atoms with Crippen molar-refractivity contribution in [1.29, 1.82) is 0 Å². The second-order valence-electron chi connectivity index (χ2n) is 3.32. The molecule has 0 aliphatic carbocycles. The second-order valence-corrected chi connectivity index (χ2v) is 4.18. The van der Waals surface area contributed by atoms with Gasteiger partial charge in [0, 0.05) is 16.6 Å². The molecule has 0 saturated carbocycles. The maximum atomic E-state index is 11.2. The van der Waals surface area contributed by atoms with Gasteiger partial charge in [0.15, 0.2) is 11.5 Å². The number of rotatable bonds is 5. The molecular formula is C11H14BrNO4. The van der Waals surface area contributed by atoms with Gasteiger partial charge in [0.1, 0.15) is 0 Å². The van der Waals surface area contributed by atoms with E-state index in [1.165, 1.54) is 14.2 Å². The van der Waals surface area contributed by atoms with Gasteiger partial charge in [-0.15, -0.1) is 0 Å². The molecule has 0 bridgehead atoms. The topological polar surface area (TPSA) is 81.8 Å². The molecule has 1 aromatic rings. The SMILES string of the molecule is COc1ccc(Br)c(C(CN)C(=O)O)c1OC. The van der Waals surface area contributed by atoms with E-state index in [4.69, 9.17) is 20.3 Å². The van der Waals surface area contributed by atoms with Crippen LogP contribution in [0.25, 0.3) is 0 Å². The van der Waals surface area contributed by atoms with Crippen molar-refractivity contribution in [2.45, 2.75) is 5.92 Å². The Morgan fingerprint density at radius 1 is 1.47 bits per heavy atom. The summed E-state index contributed by atoms with van der Waals surface area (Å²) in [5, 5.41) is 9.14. The third-order valence-electron chi connectivity index (χ3n) is 2.41. The van der Waals surface area contributed by atoms with Crippen molar-refractivity contribution in [3.63, 3.8) is 0 Å². The van der Waals surface area contributed by atoms with E-state index < -0.39 is 11.9 Å². The van der Waals surface area contributed by atoms with Gasteiger partial charge in [-0.1, -0.05) is 15.9 Å². The molecule has 0 saturated heterocycles. The average Bonchev–Trinajstić information content (AvgIpc) is 2.31. The Hall–Kier alpha value is -1.27.